The van der Waals surface area contributed by atoms with Gasteiger partial charge in [0, 0.05) is 67.2 Å². The van der Waals surface area contributed by atoms with Gasteiger partial charge in [-0.25, -0.2) is 9.97 Å². The molecule has 5 N–H and O–H groups in total. The van der Waals surface area contributed by atoms with Crippen molar-refractivity contribution in [3.05, 3.63) is 70.7 Å². The number of hydrogen-bond acceptors (Lipinski definition) is 7. The molecule has 1 aliphatic carbocycles. The average Bonchev–Trinajstić information content (AvgIpc) is 3.22. The van der Waals surface area contributed by atoms with Crippen molar-refractivity contribution < 1.29 is 4.74 Å². The van der Waals surface area contributed by atoms with Gasteiger partial charge in [-0.2, -0.15) is 0 Å². The predicted octanol–water partition coefficient (Wildman–Crippen LogP) is 3.03. The van der Waals surface area contributed by atoms with Gasteiger partial charge >= 0.3 is 0 Å². The van der Waals surface area contributed by atoms with Crippen LogP contribution in [0.15, 0.2) is 59.9 Å². The molecule has 1 atom stereocenters. The van der Waals surface area contributed by atoms with Crippen LogP contribution in [0.25, 0.3) is 22.2 Å². The Balaban J connectivity index is 1.73. The summed E-state index contributed by atoms with van der Waals surface area (Å²) in [6, 6.07) is 7.98. The van der Waals surface area contributed by atoms with Crippen LogP contribution in [0.3, 0.4) is 0 Å². The molecule has 1 aromatic carbocycles. The van der Waals surface area contributed by atoms with Crippen molar-refractivity contribution in [2.45, 2.75) is 12.0 Å². The van der Waals surface area contributed by atoms with E-state index in [1.165, 1.54) is 0 Å². The first kappa shape index (κ1) is 23.1. The highest BCUT2D eigenvalue weighted by molar-refractivity contribution is 6.33. The van der Waals surface area contributed by atoms with Gasteiger partial charge in [0.15, 0.2) is 5.82 Å². The maximum Gasteiger partial charge on any atom is 0.157 e. The number of benzene rings is 1. The van der Waals surface area contributed by atoms with Crippen LogP contribution in [0.4, 0.5) is 0 Å². The summed E-state index contributed by atoms with van der Waals surface area (Å²) in [7, 11) is 7.68. The minimum atomic E-state index is -1.11. The fourth-order valence-corrected chi connectivity index (χ4v) is 4.31. The SMILES string of the molecule is COC1=CC(N(C)CCN(C)C)=C(N)CC1(N)c1ncc(Cl)c(-c2c[nH]c3ccccc23)n1. The van der Waals surface area contributed by atoms with Gasteiger partial charge in [-0.3, -0.25) is 0 Å². The number of aromatic amines is 1. The normalized spacial score (nSPS) is 18.7. The summed E-state index contributed by atoms with van der Waals surface area (Å²) < 4.78 is 5.74. The molecule has 0 bridgehead atoms. The topological polar surface area (TPSA) is 109 Å². The highest BCUT2D eigenvalue weighted by Gasteiger charge is 2.41. The molecule has 1 aliphatic rings. The fourth-order valence-electron chi connectivity index (χ4n) is 4.12. The van der Waals surface area contributed by atoms with Crippen molar-refractivity contribution in [1.82, 2.24) is 24.8 Å². The lowest BCUT2D eigenvalue weighted by molar-refractivity contribution is 0.205. The Kier molecular flexibility index (Phi) is 6.34. The van der Waals surface area contributed by atoms with Crippen LogP contribution < -0.4 is 11.5 Å². The minimum Gasteiger partial charge on any atom is -0.499 e. The van der Waals surface area contributed by atoms with Gasteiger partial charge in [0.25, 0.3) is 0 Å². The number of ether oxygens (including phenoxy) is 1. The van der Waals surface area contributed by atoms with Crippen molar-refractivity contribution in [2.24, 2.45) is 11.5 Å². The molecule has 2 aromatic heterocycles. The molecule has 0 amide bonds. The first-order valence-electron chi connectivity index (χ1n) is 10.7. The molecule has 0 spiro atoms. The number of para-hydroxylation sites is 1. The van der Waals surface area contributed by atoms with Crippen molar-refractivity contribution in [3.63, 3.8) is 0 Å². The van der Waals surface area contributed by atoms with E-state index >= 15 is 0 Å². The lowest BCUT2D eigenvalue weighted by Gasteiger charge is -2.36. The Morgan fingerprint density at radius 1 is 1.21 bits per heavy atom. The summed E-state index contributed by atoms with van der Waals surface area (Å²) in [6.45, 7) is 1.71. The fraction of sp³-hybridized carbons (Fsp3) is 0.333. The van der Waals surface area contributed by atoms with E-state index in [9.17, 15) is 0 Å². The second-order valence-corrected chi connectivity index (χ2v) is 9.04. The van der Waals surface area contributed by atoms with Crippen molar-refractivity contribution >= 4 is 22.5 Å². The predicted molar refractivity (Wildman–Crippen MR) is 132 cm³/mol. The quantitative estimate of drug-likeness (QED) is 0.490. The van der Waals surface area contributed by atoms with Crippen molar-refractivity contribution in [2.75, 3.05) is 41.3 Å². The molecule has 0 saturated heterocycles. The van der Waals surface area contributed by atoms with Crippen LogP contribution in [-0.2, 0) is 10.3 Å². The summed E-state index contributed by atoms with van der Waals surface area (Å²) in [6.07, 6.45) is 5.69. The molecule has 0 saturated carbocycles. The third-order valence-corrected chi connectivity index (χ3v) is 6.28. The van der Waals surface area contributed by atoms with Gasteiger partial charge in [0.2, 0.25) is 0 Å². The maximum atomic E-state index is 6.89. The lowest BCUT2D eigenvalue weighted by Crippen LogP contribution is -2.45. The number of rotatable bonds is 7. The molecule has 1 unspecified atom stereocenters. The van der Waals surface area contributed by atoms with E-state index in [0.717, 1.165) is 35.3 Å². The van der Waals surface area contributed by atoms with Gasteiger partial charge in [-0.1, -0.05) is 29.8 Å². The monoisotopic (exact) mass is 467 g/mol. The number of hydrogen-bond donors (Lipinski definition) is 3. The van der Waals surface area contributed by atoms with Gasteiger partial charge in [-0.15, -0.1) is 0 Å². The van der Waals surface area contributed by atoms with Crippen LogP contribution >= 0.6 is 11.6 Å². The molecule has 0 fully saturated rings. The molecule has 2 heterocycles. The molecular formula is C24H30ClN7O. The highest BCUT2D eigenvalue weighted by Crippen LogP contribution is 2.39. The van der Waals surface area contributed by atoms with E-state index in [4.69, 9.17) is 32.8 Å². The van der Waals surface area contributed by atoms with Gasteiger partial charge in [0.05, 0.1) is 23.5 Å². The van der Waals surface area contributed by atoms with Crippen LogP contribution in [0.5, 0.6) is 0 Å². The van der Waals surface area contributed by atoms with Crippen LogP contribution in [0.1, 0.15) is 12.2 Å². The number of nitrogens with one attached hydrogen (secondary N) is 1. The third-order valence-electron chi connectivity index (χ3n) is 6.01. The van der Waals surface area contributed by atoms with Crippen LogP contribution in [-0.4, -0.2) is 66.1 Å². The number of methoxy groups -OCH3 is 1. The molecule has 8 nitrogen and oxygen atoms in total. The number of allylic oxidation sites excluding steroid dienone is 1. The Morgan fingerprint density at radius 2 is 1.97 bits per heavy atom. The molecule has 33 heavy (non-hydrogen) atoms. The Bertz CT molecular complexity index is 1230. The summed E-state index contributed by atoms with van der Waals surface area (Å²) >= 11 is 6.53. The summed E-state index contributed by atoms with van der Waals surface area (Å²) in [5.41, 5.74) is 16.3. The average molecular weight is 468 g/mol. The van der Waals surface area contributed by atoms with Crippen LogP contribution in [0, 0.1) is 0 Å². The van der Waals surface area contributed by atoms with Gasteiger partial charge in [0.1, 0.15) is 11.3 Å². The van der Waals surface area contributed by atoms with E-state index in [1.54, 1.807) is 13.3 Å². The number of nitrogens with two attached hydrogens (primary N) is 2. The van der Waals surface area contributed by atoms with Crippen molar-refractivity contribution in [3.8, 4) is 11.3 Å². The first-order chi connectivity index (χ1) is 15.7. The number of halogens is 1. The van der Waals surface area contributed by atoms with E-state index < -0.39 is 5.54 Å². The van der Waals surface area contributed by atoms with Crippen molar-refractivity contribution in [1.29, 1.82) is 0 Å². The summed E-state index contributed by atoms with van der Waals surface area (Å²) in [5, 5.41) is 1.46. The summed E-state index contributed by atoms with van der Waals surface area (Å²) in [4.78, 5) is 16.8. The van der Waals surface area contributed by atoms with E-state index in [1.807, 2.05) is 57.7 Å². The Labute approximate surface area is 198 Å². The zero-order valence-electron chi connectivity index (χ0n) is 19.4. The number of nitrogens with zero attached hydrogens (tertiary/aromatic N) is 4. The number of aromatic nitrogens is 3. The van der Waals surface area contributed by atoms with Gasteiger partial charge in [-0.05, 0) is 20.2 Å². The molecule has 0 radical (unpaired) electrons. The molecule has 3 aromatic rings. The van der Waals surface area contributed by atoms with E-state index in [2.05, 4.69) is 19.8 Å². The van der Waals surface area contributed by atoms with Gasteiger partial charge < -0.3 is 31.0 Å². The maximum absolute atomic E-state index is 6.89. The zero-order chi connectivity index (χ0) is 23.8. The zero-order valence-corrected chi connectivity index (χ0v) is 20.1. The van der Waals surface area contributed by atoms with Crippen LogP contribution in [0.2, 0.25) is 5.02 Å². The second-order valence-electron chi connectivity index (χ2n) is 8.63. The minimum absolute atomic E-state index is 0.323. The molecule has 4 rings (SSSR count). The smallest absolute Gasteiger partial charge is 0.157 e. The largest absolute Gasteiger partial charge is 0.499 e. The second kappa shape index (κ2) is 9.05. The van der Waals surface area contributed by atoms with E-state index in [-0.39, 0.29) is 0 Å². The Hall–Kier alpha value is -3.07. The molecular weight excluding hydrogens is 438 g/mol. The highest BCUT2D eigenvalue weighted by atomic mass is 35.5. The molecule has 9 heteroatoms. The standard InChI is InChI=1S/C24H30ClN7O/c1-31(2)9-10-32(3)20-11-21(33-4)24(27,12-18(20)26)23-29-14-17(25)22(30-23)16-13-28-19-8-6-5-7-15(16)19/h5-8,11,13-14,28H,9-10,12,26-27H2,1-4H3. The molecule has 174 valence electrons. The molecule has 0 aliphatic heterocycles. The number of fused-ring (bicyclic) bond motifs is 1. The Morgan fingerprint density at radius 3 is 2.70 bits per heavy atom. The third kappa shape index (κ3) is 4.29. The first-order valence-corrected chi connectivity index (χ1v) is 11.1. The summed E-state index contributed by atoms with van der Waals surface area (Å²) in [5.74, 6) is 0.953. The number of H-pyrrole nitrogens is 1. The lowest BCUT2D eigenvalue weighted by atomic mass is 9.85. The number of likely N-dealkylation sites (N-methyl/N-ethyl adjacent to an activating group) is 2. The van der Waals surface area contributed by atoms with E-state index in [0.29, 0.717) is 34.4 Å².